The zero-order valence-corrected chi connectivity index (χ0v) is 16.0. The van der Waals surface area contributed by atoms with Gasteiger partial charge in [-0.3, -0.25) is 4.90 Å². The van der Waals surface area contributed by atoms with Crippen molar-refractivity contribution in [2.45, 2.75) is 64.1 Å². The molecule has 4 nitrogen and oxygen atoms in total. The second-order valence-electron chi connectivity index (χ2n) is 7.38. The molecule has 2 amide bonds. The number of nitrogens with zero attached hydrogens (tertiary/aromatic N) is 2. The number of carbonyl (C=O) groups is 1. The first-order valence-electron chi connectivity index (χ1n) is 9.69. The third kappa shape index (κ3) is 5.11. The Morgan fingerprint density at radius 2 is 1.84 bits per heavy atom. The van der Waals surface area contributed by atoms with Gasteiger partial charge >= 0.3 is 6.03 Å². The lowest BCUT2D eigenvalue weighted by Crippen LogP contribution is -2.53. The van der Waals surface area contributed by atoms with Crippen LogP contribution in [0, 0.1) is 0 Å². The van der Waals surface area contributed by atoms with Gasteiger partial charge in [-0.25, -0.2) is 4.79 Å². The second-order valence-corrected chi connectivity index (χ2v) is 7.81. The van der Waals surface area contributed by atoms with E-state index in [2.05, 4.69) is 34.2 Å². The summed E-state index contributed by atoms with van der Waals surface area (Å²) in [5, 5.41) is 4.07. The van der Waals surface area contributed by atoms with Crippen LogP contribution in [0.25, 0.3) is 0 Å². The maximum atomic E-state index is 12.6. The fourth-order valence-electron chi connectivity index (χ4n) is 4.03. The van der Waals surface area contributed by atoms with Crippen LogP contribution in [-0.4, -0.2) is 47.5 Å². The quantitative estimate of drug-likeness (QED) is 0.866. The monoisotopic (exact) mass is 363 g/mol. The number of benzene rings is 1. The van der Waals surface area contributed by atoms with Crippen molar-refractivity contribution in [1.29, 1.82) is 0 Å². The van der Waals surface area contributed by atoms with Crippen molar-refractivity contribution in [1.82, 2.24) is 15.1 Å². The first-order chi connectivity index (χ1) is 12.2. The molecule has 1 aromatic carbocycles. The molecule has 0 saturated carbocycles. The minimum absolute atomic E-state index is 0.155. The molecule has 0 bridgehead atoms. The van der Waals surface area contributed by atoms with Crippen LogP contribution in [0.5, 0.6) is 0 Å². The molecule has 2 heterocycles. The van der Waals surface area contributed by atoms with Crippen molar-refractivity contribution in [2.75, 3.05) is 19.6 Å². The standard InChI is InChI=1S/C20H30ClN3O/c1-2-19-5-3-4-12-24(19)20(25)22-18-10-13-23(14-11-18)15-16-6-8-17(21)9-7-16/h6-9,18-19H,2-5,10-15H2,1H3,(H,22,25). The highest BCUT2D eigenvalue weighted by molar-refractivity contribution is 6.30. The SMILES string of the molecule is CCC1CCCCN1C(=O)NC1CCN(Cc2ccc(Cl)cc2)CC1. The Morgan fingerprint density at radius 1 is 1.12 bits per heavy atom. The fourth-order valence-corrected chi connectivity index (χ4v) is 4.16. The molecular formula is C20H30ClN3O. The summed E-state index contributed by atoms with van der Waals surface area (Å²) in [6.07, 6.45) is 6.68. The first-order valence-corrected chi connectivity index (χ1v) is 10.1. The smallest absolute Gasteiger partial charge is 0.317 e. The van der Waals surface area contributed by atoms with Crippen LogP contribution in [0.4, 0.5) is 4.79 Å². The predicted molar refractivity (Wildman–Crippen MR) is 103 cm³/mol. The summed E-state index contributed by atoms with van der Waals surface area (Å²) in [4.78, 5) is 17.2. The Labute approximate surface area is 156 Å². The van der Waals surface area contributed by atoms with Crippen LogP contribution < -0.4 is 5.32 Å². The third-order valence-corrected chi connectivity index (χ3v) is 5.85. The van der Waals surface area contributed by atoms with Gasteiger partial charge in [0.15, 0.2) is 0 Å². The Bertz CT molecular complexity index is 555. The average Bonchev–Trinajstić information content (AvgIpc) is 2.65. The molecule has 2 aliphatic heterocycles. The van der Waals surface area contributed by atoms with Crippen LogP contribution >= 0.6 is 11.6 Å². The first kappa shape index (κ1) is 18.5. The number of hydrogen-bond donors (Lipinski definition) is 1. The number of amides is 2. The van der Waals surface area contributed by atoms with E-state index >= 15 is 0 Å². The minimum atomic E-state index is 0.155. The third-order valence-electron chi connectivity index (χ3n) is 5.59. The minimum Gasteiger partial charge on any atom is -0.335 e. The van der Waals surface area contributed by atoms with Gasteiger partial charge < -0.3 is 10.2 Å². The highest BCUT2D eigenvalue weighted by Crippen LogP contribution is 2.21. The summed E-state index contributed by atoms with van der Waals surface area (Å²) in [7, 11) is 0. The van der Waals surface area contributed by atoms with Crippen molar-refractivity contribution in [3.05, 3.63) is 34.9 Å². The van der Waals surface area contributed by atoms with E-state index < -0.39 is 0 Å². The molecule has 2 saturated heterocycles. The van der Waals surface area contributed by atoms with Crippen molar-refractivity contribution < 1.29 is 4.79 Å². The van der Waals surface area contributed by atoms with Gasteiger partial charge in [0.2, 0.25) is 0 Å². The number of hydrogen-bond acceptors (Lipinski definition) is 2. The van der Waals surface area contributed by atoms with Crippen molar-refractivity contribution in [3.8, 4) is 0 Å². The molecule has 1 atom stereocenters. The van der Waals surface area contributed by atoms with E-state index in [-0.39, 0.29) is 6.03 Å². The predicted octanol–water partition coefficient (Wildman–Crippen LogP) is 4.28. The number of halogens is 1. The normalized spacial score (nSPS) is 22.8. The number of urea groups is 1. The van der Waals surface area contributed by atoms with Gasteiger partial charge in [0, 0.05) is 43.3 Å². The van der Waals surface area contributed by atoms with Crippen LogP contribution in [0.1, 0.15) is 51.0 Å². The molecule has 0 spiro atoms. The van der Waals surface area contributed by atoms with E-state index in [0.29, 0.717) is 12.1 Å². The molecule has 138 valence electrons. The van der Waals surface area contributed by atoms with Gasteiger partial charge in [-0.2, -0.15) is 0 Å². The van der Waals surface area contributed by atoms with Gasteiger partial charge in [0.1, 0.15) is 0 Å². The maximum absolute atomic E-state index is 12.6. The number of nitrogens with one attached hydrogen (secondary N) is 1. The molecule has 1 unspecified atom stereocenters. The number of piperidine rings is 2. The topological polar surface area (TPSA) is 35.6 Å². The average molecular weight is 364 g/mol. The lowest BCUT2D eigenvalue weighted by atomic mass is 10.00. The zero-order chi connectivity index (χ0) is 17.6. The molecule has 2 fully saturated rings. The summed E-state index contributed by atoms with van der Waals surface area (Å²) < 4.78 is 0. The highest BCUT2D eigenvalue weighted by atomic mass is 35.5. The Morgan fingerprint density at radius 3 is 2.52 bits per heavy atom. The molecule has 25 heavy (non-hydrogen) atoms. The van der Waals surface area contributed by atoms with Crippen molar-refractivity contribution >= 4 is 17.6 Å². The Hall–Kier alpha value is -1.26. The van der Waals surface area contributed by atoms with Crippen LogP contribution in [0.2, 0.25) is 5.02 Å². The van der Waals surface area contributed by atoms with Crippen LogP contribution in [0.3, 0.4) is 0 Å². The van der Waals surface area contributed by atoms with Gasteiger partial charge in [0.05, 0.1) is 0 Å². The molecule has 0 aromatic heterocycles. The van der Waals surface area contributed by atoms with E-state index in [1.54, 1.807) is 0 Å². The number of carbonyl (C=O) groups excluding carboxylic acids is 1. The Kier molecular flexibility index (Phi) is 6.60. The maximum Gasteiger partial charge on any atom is 0.317 e. The van der Waals surface area contributed by atoms with Crippen molar-refractivity contribution in [2.24, 2.45) is 0 Å². The van der Waals surface area contributed by atoms with Gasteiger partial charge in [0.25, 0.3) is 0 Å². The van der Waals surface area contributed by atoms with Crippen LogP contribution in [-0.2, 0) is 6.54 Å². The summed E-state index contributed by atoms with van der Waals surface area (Å²) in [5.74, 6) is 0. The van der Waals surface area contributed by atoms with Gasteiger partial charge in [-0.05, 0) is 56.2 Å². The van der Waals surface area contributed by atoms with E-state index in [9.17, 15) is 4.79 Å². The summed E-state index contributed by atoms with van der Waals surface area (Å²) in [6, 6.07) is 8.99. The van der Waals surface area contributed by atoms with E-state index in [1.165, 1.54) is 12.0 Å². The Balaban J connectivity index is 1.44. The largest absolute Gasteiger partial charge is 0.335 e. The zero-order valence-electron chi connectivity index (χ0n) is 15.2. The molecule has 3 rings (SSSR count). The summed E-state index contributed by atoms with van der Waals surface area (Å²) >= 11 is 5.95. The van der Waals surface area contributed by atoms with Gasteiger partial charge in [-0.15, -0.1) is 0 Å². The molecule has 2 aliphatic rings. The van der Waals surface area contributed by atoms with E-state index in [1.807, 2.05) is 12.1 Å². The van der Waals surface area contributed by atoms with E-state index in [4.69, 9.17) is 11.6 Å². The van der Waals surface area contributed by atoms with Crippen molar-refractivity contribution in [3.63, 3.8) is 0 Å². The summed E-state index contributed by atoms with van der Waals surface area (Å²) in [5.41, 5.74) is 1.30. The van der Waals surface area contributed by atoms with Gasteiger partial charge in [-0.1, -0.05) is 30.7 Å². The molecule has 0 radical (unpaired) electrons. The van der Waals surface area contributed by atoms with E-state index in [0.717, 1.165) is 63.3 Å². The second kappa shape index (κ2) is 8.91. The molecular weight excluding hydrogens is 334 g/mol. The lowest BCUT2D eigenvalue weighted by molar-refractivity contribution is 0.136. The lowest BCUT2D eigenvalue weighted by Gasteiger charge is -2.38. The molecule has 5 heteroatoms. The molecule has 1 N–H and O–H groups in total. The number of likely N-dealkylation sites (tertiary alicyclic amines) is 2. The summed E-state index contributed by atoms with van der Waals surface area (Å²) in [6.45, 7) is 6.13. The van der Waals surface area contributed by atoms with Crippen LogP contribution in [0.15, 0.2) is 24.3 Å². The highest BCUT2D eigenvalue weighted by Gasteiger charge is 2.28. The molecule has 1 aromatic rings. The molecule has 0 aliphatic carbocycles. The number of rotatable bonds is 4. The fraction of sp³-hybridized carbons (Fsp3) is 0.650.